The van der Waals surface area contributed by atoms with Crippen LogP contribution >= 0.6 is 0 Å². The van der Waals surface area contributed by atoms with Gasteiger partial charge < -0.3 is 16.0 Å². The van der Waals surface area contributed by atoms with Gasteiger partial charge in [-0.1, -0.05) is 30.3 Å². The van der Waals surface area contributed by atoms with Crippen molar-refractivity contribution in [2.24, 2.45) is 5.73 Å². The fourth-order valence-corrected chi connectivity index (χ4v) is 3.02. The second-order valence-corrected chi connectivity index (χ2v) is 5.58. The quantitative estimate of drug-likeness (QED) is 0.799. The summed E-state index contributed by atoms with van der Waals surface area (Å²) in [7, 11) is 0. The summed E-state index contributed by atoms with van der Waals surface area (Å²) in [6.45, 7) is 0.587. The number of carbonyl (C=O) groups is 2. The number of amides is 2. The molecule has 0 bridgehead atoms. The van der Waals surface area contributed by atoms with E-state index in [9.17, 15) is 9.59 Å². The largest absolute Gasteiger partial charge is 0.342 e. The second kappa shape index (κ2) is 5.25. The van der Waals surface area contributed by atoms with E-state index in [-0.39, 0.29) is 23.9 Å². The summed E-state index contributed by atoms with van der Waals surface area (Å²) in [5.74, 6) is -0.0500. The molecule has 3 atom stereocenters. The number of hydrogen-bond donors (Lipinski definition) is 2. The van der Waals surface area contributed by atoms with Crippen molar-refractivity contribution in [2.75, 3.05) is 6.54 Å². The molecule has 2 aliphatic heterocycles. The van der Waals surface area contributed by atoms with Crippen LogP contribution in [0.25, 0.3) is 0 Å². The van der Waals surface area contributed by atoms with Gasteiger partial charge in [0.15, 0.2) is 0 Å². The Morgan fingerprint density at radius 1 is 1.25 bits per heavy atom. The molecule has 5 heteroatoms. The van der Waals surface area contributed by atoms with Crippen molar-refractivity contribution in [3.05, 3.63) is 35.9 Å². The number of nitrogens with zero attached hydrogens (tertiary/aromatic N) is 1. The maximum atomic E-state index is 12.5. The van der Waals surface area contributed by atoms with E-state index < -0.39 is 6.04 Å². The number of benzene rings is 1. The minimum Gasteiger partial charge on any atom is -0.342 e. The Morgan fingerprint density at radius 3 is 2.75 bits per heavy atom. The minimum absolute atomic E-state index is 0.0143. The lowest BCUT2D eigenvalue weighted by molar-refractivity contribution is -0.151. The van der Waals surface area contributed by atoms with Crippen LogP contribution in [0.4, 0.5) is 0 Å². The Kier molecular flexibility index (Phi) is 3.44. The molecule has 106 valence electrons. The highest BCUT2D eigenvalue weighted by Crippen LogP contribution is 2.22. The van der Waals surface area contributed by atoms with Gasteiger partial charge in [-0.25, -0.2) is 0 Å². The van der Waals surface area contributed by atoms with E-state index in [1.54, 1.807) is 4.90 Å². The summed E-state index contributed by atoms with van der Waals surface area (Å²) in [6, 6.07) is 8.94. The fraction of sp³-hybridized carbons (Fsp3) is 0.467. The zero-order chi connectivity index (χ0) is 14.1. The van der Waals surface area contributed by atoms with Gasteiger partial charge >= 0.3 is 0 Å². The predicted molar refractivity (Wildman–Crippen MR) is 74.8 cm³/mol. The van der Waals surface area contributed by atoms with Gasteiger partial charge in [0.1, 0.15) is 12.1 Å². The first kappa shape index (κ1) is 13.1. The van der Waals surface area contributed by atoms with Crippen LogP contribution in [0.1, 0.15) is 18.4 Å². The van der Waals surface area contributed by atoms with E-state index in [0.29, 0.717) is 19.4 Å². The third kappa shape index (κ3) is 2.41. The smallest absolute Gasteiger partial charge is 0.246 e. The van der Waals surface area contributed by atoms with Crippen LogP contribution in [-0.4, -0.2) is 41.4 Å². The first-order valence-electron chi connectivity index (χ1n) is 7.05. The number of hydrogen-bond acceptors (Lipinski definition) is 3. The summed E-state index contributed by atoms with van der Waals surface area (Å²) in [5.41, 5.74) is 6.94. The van der Waals surface area contributed by atoms with Gasteiger partial charge in [0, 0.05) is 19.0 Å². The molecular formula is C15H19N3O2. The molecule has 2 heterocycles. The predicted octanol–water partition coefficient (Wildman–Crippen LogP) is 0.0458. The van der Waals surface area contributed by atoms with E-state index in [1.165, 1.54) is 0 Å². The molecule has 0 radical (unpaired) electrons. The van der Waals surface area contributed by atoms with Crippen LogP contribution in [0.3, 0.4) is 0 Å². The highest BCUT2D eigenvalue weighted by molar-refractivity contribution is 5.97. The minimum atomic E-state index is -0.449. The van der Waals surface area contributed by atoms with Gasteiger partial charge in [-0.15, -0.1) is 0 Å². The molecule has 0 saturated carbocycles. The van der Waals surface area contributed by atoms with Gasteiger partial charge in [0.25, 0.3) is 0 Å². The van der Waals surface area contributed by atoms with Crippen molar-refractivity contribution in [1.82, 2.24) is 10.2 Å². The number of piperazine rings is 1. The summed E-state index contributed by atoms with van der Waals surface area (Å²) in [5, 5.41) is 2.85. The standard InChI is InChI=1S/C15H19N3O2/c16-11-6-7-18-13(9-11)14(19)17-12(15(18)20)8-10-4-2-1-3-5-10/h1-5,11-13H,6-9,16H2,(H,17,19). The molecule has 0 aromatic heterocycles. The van der Waals surface area contributed by atoms with Gasteiger partial charge in [0.05, 0.1) is 0 Å². The lowest BCUT2D eigenvalue weighted by Gasteiger charge is -2.43. The van der Waals surface area contributed by atoms with Gasteiger partial charge in [0.2, 0.25) is 11.8 Å². The van der Waals surface area contributed by atoms with Crippen molar-refractivity contribution in [3.8, 4) is 0 Å². The molecule has 3 unspecified atom stereocenters. The molecule has 1 aromatic carbocycles. The maximum absolute atomic E-state index is 12.5. The summed E-state index contributed by atoms with van der Waals surface area (Å²) in [6.07, 6.45) is 1.88. The van der Waals surface area contributed by atoms with Crippen LogP contribution < -0.4 is 11.1 Å². The van der Waals surface area contributed by atoms with E-state index in [2.05, 4.69) is 5.32 Å². The van der Waals surface area contributed by atoms with E-state index in [4.69, 9.17) is 5.73 Å². The molecule has 2 aliphatic rings. The Hall–Kier alpha value is -1.88. The Morgan fingerprint density at radius 2 is 2.00 bits per heavy atom. The zero-order valence-corrected chi connectivity index (χ0v) is 11.3. The molecule has 2 fully saturated rings. The molecule has 3 N–H and O–H groups in total. The number of fused-ring (bicyclic) bond motifs is 1. The third-order valence-electron chi connectivity index (χ3n) is 4.13. The van der Waals surface area contributed by atoms with Gasteiger partial charge in [-0.05, 0) is 18.4 Å². The van der Waals surface area contributed by atoms with Crippen molar-refractivity contribution in [2.45, 2.75) is 37.4 Å². The normalized spacial score (nSPS) is 29.9. The Bertz CT molecular complexity index is 517. The summed E-state index contributed by atoms with van der Waals surface area (Å²) >= 11 is 0. The molecule has 20 heavy (non-hydrogen) atoms. The van der Waals surface area contributed by atoms with Crippen LogP contribution in [0.15, 0.2) is 30.3 Å². The van der Waals surface area contributed by atoms with Crippen LogP contribution in [0, 0.1) is 0 Å². The SMILES string of the molecule is NC1CCN2C(=O)C(Cc3ccccc3)NC(=O)C2C1. The fourth-order valence-electron chi connectivity index (χ4n) is 3.02. The Labute approximate surface area is 118 Å². The third-order valence-corrected chi connectivity index (χ3v) is 4.13. The molecule has 2 saturated heterocycles. The first-order valence-corrected chi connectivity index (χ1v) is 7.05. The van der Waals surface area contributed by atoms with Gasteiger partial charge in [-0.3, -0.25) is 9.59 Å². The number of carbonyl (C=O) groups excluding carboxylic acids is 2. The van der Waals surface area contributed by atoms with Crippen molar-refractivity contribution in [1.29, 1.82) is 0 Å². The topological polar surface area (TPSA) is 75.4 Å². The van der Waals surface area contributed by atoms with E-state index in [0.717, 1.165) is 12.0 Å². The molecule has 0 spiro atoms. The van der Waals surface area contributed by atoms with Crippen LogP contribution in [0.5, 0.6) is 0 Å². The van der Waals surface area contributed by atoms with E-state index >= 15 is 0 Å². The average Bonchev–Trinajstić information content (AvgIpc) is 2.45. The maximum Gasteiger partial charge on any atom is 0.246 e. The number of nitrogens with two attached hydrogens (primary N) is 1. The lowest BCUT2D eigenvalue weighted by Crippen LogP contribution is -2.66. The van der Waals surface area contributed by atoms with Crippen LogP contribution in [0.2, 0.25) is 0 Å². The molecule has 3 rings (SSSR count). The molecule has 2 amide bonds. The van der Waals surface area contributed by atoms with Crippen LogP contribution in [-0.2, 0) is 16.0 Å². The zero-order valence-electron chi connectivity index (χ0n) is 11.3. The molecule has 1 aromatic rings. The number of piperidine rings is 1. The first-order chi connectivity index (χ1) is 9.65. The number of nitrogens with one attached hydrogen (secondary N) is 1. The molecule has 0 aliphatic carbocycles. The Balaban J connectivity index is 1.75. The highest BCUT2D eigenvalue weighted by atomic mass is 16.2. The second-order valence-electron chi connectivity index (χ2n) is 5.58. The monoisotopic (exact) mass is 273 g/mol. The highest BCUT2D eigenvalue weighted by Gasteiger charge is 2.42. The lowest BCUT2D eigenvalue weighted by atomic mass is 9.92. The molecule has 5 nitrogen and oxygen atoms in total. The van der Waals surface area contributed by atoms with Gasteiger partial charge in [-0.2, -0.15) is 0 Å². The molecular weight excluding hydrogens is 254 g/mol. The van der Waals surface area contributed by atoms with Crippen molar-refractivity contribution in [3.63, 3.8) is 0 Å². The number of rotatable bonds is 2. The summed E-state index contributed by atoms with van der Waals surface area (Å²) < 4.78 is 0. The average molecular weight is 273 g/mol. The van der Waals surface area contributed by atoms with E-state index in [1.807, 2.05) is 30.3 Å². The summed E-state index contributed by atoms with van der Waals surface area (Å²) in [4.78, 5) is 26.4. The van der Waals surface area contributed by atoms with Crippen molar-refractivity contribution >= 4 is 11.8 Å². The van der Waals surface area contributed by atoms with Crippen molar-refractivity contribution < 1.29 is 9.59 Å².